The van der Waals surface area contributed by atoms with Crippen molar-refractivity contribution in [1.82, 2.24) is 4.90 Å². The molecule has 84 valence electrons. The van der Waals surface area contributed by atoms with Gasteiger partial charge < -0.3 is 9.64 Å². The largest absolute Gasteiger partial charge is 0.380 e. The number of piperidine rings is 1. The minimum Gasteiger partial charge on any atom is -0.380 e. The number of methoxy groups -OCH3 is 1. The molecule has 0 bridgehead atoms. The number of hydrogen-bond acceptors (Lipinski definition) is 3. The van der Waals surface area contributed by atoms with Crippen LogP contribution < -0.4 is 0 Å². The van der Waals surface area contributed by atoms with Gasteiger partial charge in [0.15, 0.2) is 0 Å². The van der Waals surface area contributed by atoms with E-state index in [0.717, 1.165) is 18.8 Å². The second-order valence-corrected chi connectivity index (χ2v) is 4.95. The zero-order chi connectivity index (χ0) is 10.6. The zero-order valence-electron chi connectivity index (χ0n) is 9.57. The van der Waals surface area contributed by atoms with E-state index in [2.05, 4.69) is 31.4 Å². The molecule has 0 aromatic carbocycles. The molecule has 3 atom stereocenters. The predicted octanol–water partition coefficient (Wildman–Crippen LogP) is 1.91. The van der Waals surface area contributed by atoms with Crippen molar-refractivity contribution in [3.63, 3.8) is 0 Å². The van der Waals surface area contributed by atoms with Crippen LogP contribution in [0.2, 0.25) is 0 Å². The van der Waals surface area contributed by atoms with Crippen LogP contribution in [0.4, 0.5) is 0 Å². The minimum atomic E-state index is 0.427. The Balaban J connectivity index is 2.34. The van der Waals surface area contributed by atoms with Crippen molar-refractivity contribution in [2.45, 2.75) is 26.4 Å². The smallest absolute Gasteiger partial charge is 0.0724 e. The molecule has 0 aromatic rings. The summed E-state index contributed by atoms with van der Waals surface area (Å²) in [5, 5.41) is 0. The molecule has 1 rings (SSSR count). The average Bonchev–Trinajstić information content (AvgIpc) is 2.20. The van der Waals surface area contributed by atoms with Gasteiger partial charge in [-0.2, -0.15) is 12.6 Å². The summed E-state index contributed by atoms with van der Waals surface area (Å²) in [6, 6.07) is 0. The third kappa shape index (κ3) is 3.44. The molecule has 14 heavy (non-hydrogen) atoms. The van der Waals surface area contributed by atoms with E-state index in [4.69, 9.17) is 4.74 Å². The van der Waals surface area contributed by atoms with E-state index in [1.54, 1.807) is 0 Å². The maximum Gasteiger partial charge on any atom is 0.0724 e. The Labute approximate surface area is 93.4 Å². The van der Waals surface area contributed by atoms with Gasteiger partial charge in [-0.3, -0.25) is 0 Å². The van der Waals surface area contributed by atoms with Crippen LogP contribution in [0.15, 0.2) is 0 Å². The molecular weight excluding hydrogens is 194 g/mol. The number of likely N-dealkylation sites (tertiary alicyclic amines) is 1. The molecule has 3 heteroatoms. The van der Waals surface area contributed by atoms with Crippen LogP contribution in [-0.2, 0) is 4.74 Å². The van der Waals surface area contributed by atoms with Gasteiger partial charge in [-0.15, -0.1) is 0 Å². The Morgan fingerprint density at radius 1 is 1.57 bits per heavy atom. The summed E-state index contributed by atoms with van der Waals surface area (Å²) in [5.41, 5.74) is 0. The van der Waals surface area contributed by atoms with Crippen LogP contribution in [0.5, 0.6) is 0 Å². The Morgan fingerprint density at radius 2 is 2.29 bits per heavy atom. The molecule has 0 saturated carbocycles. The Hall–Kier alpha value is 0.270. The topological polar surface area (TPSA) is 12.5 Å². The van der Waals surface area contributed by atoms with Gasteiger partial charge >= 0.3 is 0 Å². The van der Waals surface area contributed by atoms with E-state index >= 15 is 0 Å². The minimum absolute atomic E-state index is 0.427. The van der Waals surface area contributed by atoms with E-state index in [1.807, 2.05) is 7.11 Å². The molecule has 3 unspecified atom stereocenters. The van der Waals surface area contributed by atoms with E-state index in [-0.39, 0.29) is 0 Å². The van der Waals surface area contributed by atoms with Gasteiger partial charge in [0.2, 0.25) is 0 Å². The zero-order valence-corrected chi connectivity index (χ0v) is 10.5. The summed E-state index contributed by atoms with van der Waals surface area (Å²) in [6.45, 7) is 8.02. The van der Waals surface area contributed by atoms with Crippen LogP contribution in [0, 0.1) is 11.8 Å². The van der Waals surface area contributed by atoms with Crippen molar-refractivity contribution >= 4 is 12.6 Å². The number of ether oxygens (including phenoxy) is 1. The molecule has 1 fully saturated rings. The van der Waals surface area contributed by atoms with E-state index in [0.29, 0.717) is 17.9 Å². The lowest BCUT2D eigenvalue weighted by Crippen LogP contribution is -2.45. The highest BCUT2D eigenvalue weighted by atomic mass is 32.1. The second kappa shape index (κ2) is 5.99. The van der Waals surface area contributed by atoms with Crippen molar-refractivity contribution in [2.24, 2.45) is 11.8 Å². The molecule has 0 N–H and O–H groups in total. The first-order valence-corrected chi connectivity index (χ1v) is 6.16. The molecule has 1 aliphatic heterocycles. The van der Waals surface area contributed by atoms with Crippen LogP contribution in [0.3, 0.4) is 0 Å². The maximum atomic E-state index is 5.49. The lowest BCUT2D eigenvalue weighted by atomic mass is 9.95. The van der Waals surface area contributed by atoms with Gasteiger partial charge in [0, 0.05) is 20.2 Å². The number of nitrogens with zero attached hydrogens (tertiary/aromatic N) is 1. The first-order chi connectivity index (χ1) is 6.67. The normalized spacial score (nSPS) is 31.7. The van der Waals surface area contributed by atoms with Crippen LogP contribution in [0.25, 0.3) is 0 Å². The third-order valence-corrected chi connectivity index (χ3v) is 3.78. The monoisotopic (exact) mass is 217 g/mol. The summed E-state index contributed by atoms with van der Waals surface area (Å²) in [6.07, 6.45) is 1.69. The number of hydrogen-bond donors (Lipinski definition) is 1. The van der Waals surface area contributed by atoms with Crippen molar-refractivity contribution in [1.29, 1.82) is 0 Å². The van der Waals surface area contributed by atoms with Gasteiger partial charge in [-0.05, 0) is 30.6 Å². The van der Waals surface area contributed by atoms with Crippen molar-refractivity contribution in [3.05, 3.63) is 0 Å². The van der Waals surface area contributed by atoms with Crippen LogP contribution in [-0.4, -0.2) is 43.5 Å². The molecule has 0 aromatic heterocycles. The van der Waals surface area contributed by atoms with Gasteiger partial charge in [0.05, 0.1) is 6.10 Å². The SMILES string of the molecule is COC1CN(CC(C)CS)CCC1C. The Morgan fingerprint density at radius 3 is 2.86 bits per heavy atom. The average molecular weight is 217 g/mol. The highest BCUT2D eigenvalue weighted by molar-refractivity contribution is 7.80. The van der Waals surface area contributed by atoms with Crippen molar-refractivity contribution in [2.75, 3.05) is 32.5 Å². The molecule has 1 heterocycles. The predicted molar refractivity (Wildman–Crippen MR) is 64.0 cm³/mol. The molecule has 1 aliphatic rings. The Kier molecular flexibility index (Phi) is 5.28. The summed E-state index contributed by atoms with van der Waals surface area (Å²) >= 11 is 4.32. The fourth-order valence-electron chi connectivity index (χ4n) is 2.07. The maximum absolute atomic E-state index is 5.49. The summed E-state index contributed by atoms with van der Waals surface area (Å²) < 4.78 is 5.49. The third-order valence-electron chi connectivity index (χ3n) is 3.16. The first-order valence-electron chi connectivity index (χ1n) is 5.53. The van der Waals surface area contributed by atoms with E-state index < -0.39 is 0 Å². The van der Waals surface area contributed by atoms with Gasteiger partial charge in [0.25, 0.3) is 0 Å². The van der Waals surface area contributed by atoms with Gasteiger partial charge in [0.1, 0.15) is 0 Å². The fourth-order valence-corrected chi connectivity index (χ4v) is 2.18. The molecular formula is C11H23NOS. The molecule has 0 amide bonds. The highest BCUT2D eigenvalue weighted by Gasteiger charge is 2.26. The Bertz CT molecular complexity index is 165. The fraction of sp³-hybridized carbons (Fsp3) is 1.00. The van der Waals surface area contributed by atoms with E-state index in [9.17, 15) is 0 Å². The number of thiol groups is 1. The van der Waals surface area contributed by atoms with Crippen molar-refractivity contribution < 1.29 is 4.74 Å². The molecule has 0 aliphatic carbocycles. The molecule has 0 spiro atoms. The van der Waals surface area contributed by atoms with Gasteiger partial charge in [-0.1, -0.05) is 13.8 Å². The molecule has 2 nitrogen and oxygen atoms in total. The second-order valence-electron chi connectivity index (χ2n) is 4.59. The first kappa shape index (κ1) is 12.3. The highest BCUT2D eigenvalue weighted by Crippen LogP contribution is 2.20. The molecule has 0 radical (unpaired) electrons. The molecule has 1 saturated heterocycles. The van der Waals surface area contributed by atoms with Gasteiger partial charge in [-0.25, -0.2) is 0 Å². The van der Waals surface area contributed by atoms with Crippen molar-refractivity contribution in [3.8, 4) is 0 Å². The number of rotatable bonds is 4. The lowest BCUT2D eigenvalue weighted by molar-refractivity contribution is -0.00776. The summed E-state index contributed by atoms with van der Waals surface area (Å²) in [7, 11) is 1.83. The van der Waals surface area contributed by atoms with Crippen LogP contribution >= 0.6 is 12.6 Å². The summed E-state index contributed by atoms with van der Waals surface area (Å²) in [5.74, 6) is 2.37. The standard InChI is InChI=1S/C11H23NOS/c1-9(8-14)6-12-5-4-10(2)11(7-12)13-3/h9-11,14H,4-8H2,1-3H3. The van der Waals surface area contributed by atoms with Crippen LogP contribution in [0.1, 0.15) is 20.3 Å². The van der Waals surface area contributed by atoms with E-state index in [1.165, 1.54) is 13.0 Å². The quantitative estimate of drug-likeness (QED) is 0.722. The summed E-state index contributed by atoms with van der Waals surface area (Å²) in [4.78, 5) is 2.51. The lowest BCUT2D eigenvalue weighted by Gasteiger charge is -2.37.